The largest absolute Gasteiger partial charge is 0.475 e. The summed E-state index contributed by atoms with van der Waals surface area (Å²) in [7, 11) is 0. The number of anilines is 1. The van der Waals surface area contributed by atoms with E-state index in [0.717, 1.165) is 11.3 Å². The molecule has 2 N–H and O–H groups in total. The van der Waals surface area contributed by atoms with Crippen LogP contribution in [0.2, 0.25) is 0 Å². The van der Waals surface area contributed by atoms with Gasteiger partial charge in [0.1, 0.15) is 6.61 Å². The van der Waals surface area contributed by atoms with Crippen LogP contribution in [0, 0.1) is 5.92 Å². The minimum atomic E-state index is 0.264. The average molecular weight is 204 g/mol. The van der Waals surface area contributed by atoms with Crippen molar-refractivity contribution in [2.75, 3.05) is 12.3 Å². The number of hydrogen-bond donors (Lipinski definition) is 1. The monoisotopic (exact) mass is 204 g/mol. The first kappa shape index (κ1) is 10.0. The van der Waals surface area contributed by atoms with E-state index in [1.165, 1.54) is 0 Å². The molecule has 0 fully saturated rings. The molecular formula is C12H16N2O. The van der Waals surface area contributed by atoms with Crippen LogP contribution in [0.15, 0.2) is 29.3 Å². The van der Waals surface area contributed by atoms with Gasteiger partial charge in [0.15, 0.2) is 0 Å². The Morgan fingerprint density at radius 3 is 2.73 bits per heavy atom. The highest BCUT2D eigenvalue weighted by atomic mass is 16.5. The predicted octanol–water partition coefficient (Wildman–Crippen LogP) is 2.07. The Kier molecular flexibility index (Phi) is 2.62. The van der Waals surface area contributed by atoms with E-state index in [-0.39, 0.29) is 6.04 Å². The summed E-state index contributed by atoms with van der Waals surface area (Å²) in [4.78, 5) is 4.53. The topological polar surface area (TPSA) is 47.6 Å². The lowest BCUT2D eigenvalue weighted by Gasteiger charge is -2.06. The molecule has 0 amide bonds. The molecule has 0 radical (unpaired) electrons. The highest BCUT2D eigenvalue weighted by Gasteiger charge is 2.23. The second-order valence-corrected chi connectivity index (χ2v) is 4.14. The van der Waals surface area contributed by atoms with Crippen LogP contribution in [0.3, 0.4) is 0 Å². The molecule has 1 aromatic rings. The number of nitrogens with two attached hydrogens (primary N) is 1. The van der Waals surface area contributed by atoms with Crippen molar-refractivity contribution in [1.82, 2.24) is 0 Å². The van der Waals surface area contributed by atoms with Gasteiger partial charge in [0.05, 0.1) is 11.6 Å². The molecule has 15 heavy (non-hydrogen) atoms. The van der Waals surface area contributed by atoms with Crippen LogP contribution in [0.4, 0.5) is 5.69 Å². The van der Waals surface area contributed by atoms with Crippen molar-refractivity contribution >= 4 is 11.6 Å². The van der Waals surface area contributed by atoms with Crippen LogP contribution in [-0.4, -0.2) is 18.5 Å². The van der Waals surface area contributed by atoms with Gasteiger partial charge in [0, 0.05) is 5.69 Å². The lowest BCUT2D eigenvalue weighted by molar-refractivity contribution is 0.292. The van der Waals surface area contributed by atoms with E-state index in [0.29, 0.717) is 18.4 Å². The van der Waals surface area contributed by atoms with E-state index in [4.69, 9.17) is 10.5 Å². The summed E-state index contributed by atoms with van der Waals surface area (Å²) in [6.07, 6.45) is 0. The van der Waals surface area contributed by atoms with Crippen molar-refractivity contribution in [1.29, 1.82) is 0 Å². The molecule has 0 bridgehead atoms. The third kappa shape index (κ3) is 1.96. The van der Waals surface area contributed by atoms with Gasteiger partial charge >= 0.3 is 0 Å². The highest BCUT2D eigenvalue weighted by Crippen LogP contribution is 2.20. The molecule has 3 heteroatoms. The fourth-order valence-electron chi connectivity index (χ4n) is 1.57. The van der Waals surface area contributed by atoms with Gasteiger partial charge in [-0.3, -0.25) is 0 Å². The molecular weight excluding hydrogens is 188 g/mol. The molecule has 0 spiro atoms. The molecule has 80 valence electrons. The molecule has 0 saturated carbocycles. The smallest absolute Gasteiger partial charge is 0.218 e. The third-order valence-corrected chi connectivity index (χ3v) is 2.63. The molecule has 3 nitrogen and oxygen atoms in total. The van der Waals surface area contributed by atoms with E-state index in [2.05, 4.69) is 18.8 Å². The molecule has 2 rings (SSSR count). The summed E-state index contributed by atoms with van der Waals surface area (Å²) >= 11 is 0. The predicted molar refractivity (Wildman–Crippen MR) is 62.0 cm³/mol. The molecule has 1 aliphatic heterocycles. The summed E-state index contributed by atoms with van der Waals surface area (Å²) in [5.74, 6) is 1.19. The number of nitrogen functional groups attached to an aromatic ring is 1. The Hall–Kier alpha value is -1.51. The Balaban J connectivity index is 2.27. The second kappa shape index (κ2) is 3.93. The van der Waals surface area contributed by atoms with E-state index in [9.17, 15) is 0 Å². The second-order valence-electron chi connectivity index (χ2n) is 4.14. The Labute approximate surface area is 90.0 Å². The fourth-order valence-corrected chi connectivity index (χ4v) is 1.57. The van der Waals surface area contributed by atoms with Crippen LogP contribution in [-0.2, 0) is 4.74 Å². The van der Waals surface area contributed by atoms with Gasteiger partial charge < -0.3 is 10.5 Å². The van der Waals surface area contributed by atoms with Crippen molar-refractivity contribution in [2.45, 2.75) is 19.9 Å². The van der Waals surface area contributed by atoms with Crippen molar-refractivity contribution < 1.29 is 4.74 Å². The molecule has 0 aromatic heterocycles. The zero-order valence-corrected chi connectivity index (χ0v) is 9.10. The first-order chi connectivity index (χ1) is 7.18. The Morgan fingerprint density at radius 1 is 1.40 bits per heavy atom. The lowest BCUT2D eigenvalue weighted by Crippen LogP contribution is -2.13. The van der Waals surface area contributed by atoms with Crippen molar-refractivity contribution in [3.63, 3.8) is 0 Å². The Morgan fingerprint density at radius 2 is 2.13 bits per heavy atom. The van der Waals surface area contributed by atoms with Gasteiger partial charge in [-0.25, -0.2) is 4.99 Å². The van der Waals surface area contributed by atoms with Crippen LogP contribution >= 0.6 is 0 Å². The normalized spacial score (nSPS) is 20.2. The van der Waals surface area contributed by atoms with Gasteiger partial charge in [-0.05, 0) is 18.1 Å². The molecule has 1 heterocycles. The van der Waals surface area contributed by atoms with Crippen LogP contribution < -0.4 is 5.73 Å². The molecule has 1 aromatic carbocycles. The van der Waals surface area contributed by atoms with Gasteiger partial charge in [-0.1, -0.05) is 26.0 Å². The molecule has 1 atom stereocenters. The van der Waals surface area contributed by atoms with Crippen LogP contribution in [0.25, 0.3) is 0 Å². The first-order valence-corrected chi connectivity index (χ1v) is 5.24. The van der Waals surface area contributed by atoms with Gasteiger partial charge in [0.2, 0.25) is 5.90 Å². The third-order valence-electron chi connectivity index (χ3n) is 2.63. The molecule has 0 saturated heterocycles. The quantitative estimate of drug-likeness (QED) is 0.750. The van der Waals surface area contributed by atoms with Gasteiger partial charge in [-0.15, -0.1) is 0 Å². The molecule has 1 unspecified atom stereocenters. The number of para-hydroxylation sites is 1. The van der Waals surface area contributed by atoms with E-state index in [1.54, 1.807) is 0 Å². The number of hydrogen-bond acceptors (Lipinski definition) is 3. The first-order valence-electron chi connectivity index (χ1n) is 5.24. The summed E-state index contributed by atoms with van der Waals surface area (Å²) < 4.78 is 5.56. The summed E-state index contributed by atoms with van der Waals surface area (Å²) in [6, 6.07) is 7.93. The summed E-state index contributed by atoms with van der Waals surface area (Å²) in [5.41, 5.74) is 7.49. The number of rotatable bonds is 2. The fraction of sp³-hybridized carbons (Fsp3) is 0.417. The van der Waals surface area contributed by atoms with Crippen LogP contribution in [0.1, 0.15) is 19.4 Å². The van der Waals surface area contributed by atoms with E-state index >= 15 is 0 Å². The maximum Gasteiger partial charge on any atom is 0.218 e. The standard InChI is InChI=1S/C12H16N2O/c1-8(2)11-7-15-12(14-11)9-5-3-4-6-10(9)13/h3-6,8,11H,7,13H2,1-2H3. The average Bonchev–Trinajstić information content (AvgIpc) is 2.67. The van der Waals surface area contributed by atoms with Crippen molar-refractivity contribution in [2.24, 2.45) is 10.9 Å². The van der Waals surface area contributed by atoms with Gasteiger partial charge in [0.25, 0.3) is 0 Å². The Bertz CT molecular complexity index is 385. The number of benzene rings is 1. The van der Waals surface area contributed by atoms with E-state index in [1.807, 2.05) is 24.3 Å². The SMILES string of the molecule is CC(C)C1COC(c2ccccc2N)=N1. The van der Waals surface area contributed by atoms with Gasteiger partial charge in [-0.2, -0.15) is 0 Å². The number of ether oxygens (including phenoxy) is 1. The number of aliphatic imine (C=N–C) groups is 1. The highest BCUT2D eigenvalue weighted by molar-refractivity contribution is 5.99. The maximum atomic E-state index is 5.86. The molecule has 1 aliphatic rings. The minimum Gasteiger partial charge on any atom is -0.475 e. The lowest BCUT2D eigenvalue weighted by atomic mass is 10.1. The van der Waals surface area contributed by atoms with E-state index < -0.39 is 0 Å². The molecule has 0 aliphatic carbocycles. The zero-order chi connectivity index (χ0) is 10.8. The summed E-state index contributed by atoms with van der Waals surface area (Å²) in [5, 5.41) is 0. The number of nitrogens with zero attached hydrogens (tertiary/aromatic N) is 1. The minimum absolute atomic E-state index is 0.264. The van der Waals surface area contributed by atoms with Crippen molar-refractivity contribution in [3.05, 3.63) is 29.8 Å². The van der Waals surface area contributed by atoms with Crippen molar-refractivity contribution in [3.8, 4) is 0 Å². The zero-order valence-electron chi connectivity index (χ0n) is 9.10. The maximum absolute atomic E-state index is 5.86. The summed E-state index contributed by atoms with van der Waals surface area (Å²) in [6.45, 7) is 4.96. The van der Waals surface area contributed by atoms with Crippen LogP contribution in [0.5, 0.6) is 0 Å².